The minimum absolute atomic E-state index is 0. The van der Waals surface area contributed by atoms with E-state index in [1.54, 1.807) is 0 Å². The summed E-state index contributed by atoms with van der Waals surface area (Å²) in [6.45, 7) is 5.35. The van der Waals surface area contributed by atoms with Gasteiger partial charge in [0.2, 0.25) is 0 Å². The number of benzene rings is 1. The number of phenols is 1. The Morgan fingerprint density at radius 1 is 1.29 bits per heavy atom. The second-order valence-corrected chi connectivity index (χ2v) is 5.71. The first-order valence-corrected chi connectivity index (χ1v) is 7.94. The lowest BCUT2D eigenvalue weighted by molar-refractivity contribution is -0.274. The van der Waals surface area contributed by atoms with E-state index in [0.717, 1.165) is 51.5 Å². The summed E-state index contributed by atoms with van der Waals surface area (Å²) < 4.78 is 41.3. The second kappa shape index (κ2) is 9.34. The third-order valence-electron chi connectivity index (χ3n) is 4.02. The zero-order valence-electron chi connectivity index (χ0n) is 13.6. The second-order valence-electron chi connectivity index (χ2n) is 5.71. The Hall–Kier alpha value is -1.18. The van der Waals surface area contributed by atoms with E-state index in [9.17, 15) is 18.3 Å². The number of hydrogen-bond donors (Lipinski definition) is 2. The average molecular weight is 369 g/mol. The quantitative estimate of drug-likeness (QED) is 0.800. The van der Waals surface area contributed by atoms with Crippen LogP contribution in [0, 0.1) is 0 Å². The zero-order chi connectivity index (χ0) is 16.9. The van der Waals surface area contributed by atoms with Crippen molar-refractivity contribution < 1.29 is 23.0 Å². The summed E-state index contributed by atoms with van der Waals surface area (Å²) in [6, 6.07) is 3.62. The number of hydrogen-bond acceptors (Lipinski definition) is 4. The number of rotatable bonds is 6. The number of ether oxygens (including phenoxy) is 1. The first-order valence-electron chi connectivity index (χ1n) is 7.94. The molecule has 0 saturated carbocycles. The molecule has 1 aliphatic rings. The molecular weight excluding hydrogens is 345 g/mol. The van der Waals surface area contributed by atoms with Crippen LogP contribution >= 0.6 is 12.4 Å². The number of piperazine rings is 1. The number of aromatic hydroxyl groups is 1. The SMILES string of the molecule is CCCC[C@@H](c1cc(OC(F)(F)F)ccc1O)N1CCNCC1.Cl. The minimum atomic E-state index is -4.73. The van der Waals surface area contributed by atoms with E-state index in [2.05, 4.69) is 21.9 Å². The van der Waals surface area contributed by atoms with Gasteiger partial charge in [-0.05, 0) is 24.6 Å². The van der Waals surface area contributed by atoms with Crippen molar-refractivity contribution in [2.75, 3.05) is 26.2 Å². The summed E-state index contributed by atoms with van der Waals surface area (Å²) >= 11 is 0. The van der Waals surface area contributed by atoms with Gasteiger partial charge in [0.15, 0.2) is 0 Å². The Morgan fingerprint density at radius 2 is 1.96 bits per heavy atom. The largest absolute Gasteiger partial charge is 0.573 e. The van der Waals surface area contributed by atoms with Gasteiger partial charge in [-0.3, -0.25) is 4.90 Å². The third-order valence-corrected chi connectivity index (χ3v) is 4.02. The van der Waals surface area contributed by atoms with Gasteiger partial charge in [-0.2, -0.15) is 0 Å². The first-order chi connectivity index (χ1) is 10.9. The molecule has 1 aliphatic heterocycles. The molecule has 1 aromatic carbocycles. The van der Waals surface area contributed by atoms with Crippen molar-refractivity contribution in [3.63, 3.8) is 0 Å². The molecule has 138 valence electrons. The van der Waals surface area contributed by atoms with Gasteiger partial charge in [0.05, 0.1) is 0 Å². The van der Waals surface area contributed by atoms with Crippen LogP contribution in [0.3, 0.4) is 0 Å². The van der Waals surface area contributed by atoms with Crippen molar-refractivity contribution >= 4 is 12.4 Å². The monoisotopic (exact) mass is 368 g/mol. The minimum Gasteiger partial charge on any atom is -0.508 e. The summed E-state index contributed by atoms with van der Waals surface area (Å²) in [4.78, 5) is 2.21. The van der Waals surface area contributed by atoms with E-state index in [0.29, 0.717) is 5.56 Å². The van der Waals surface area contributed by atoms with Crippen molar-refractivity contribution in [2.24, 2.45) is 0 Å². The normalized spacial score (nSPS) is 17.2. The van der Waals surface area contributed by atoms with Gasteiger partial charge >= 0.3 is 6.36 Å². The van der Waals surface area contributed by atoms with Gasteiger partial charge in [0, 0.05) is 37.8 Å². The molecule has 4 nitrogen and oxygen atoms in total. The highest BCUT2D eigenvalue weighted by Gasteiger charge is 2.32. The predicted molar refractivity (Wildman–Crippen MR) is 88.7 cm³/mol. The van der Waals surface area contributed by atoms with E-state index < -0.39 is 6.36 Å². The van der Waals surface area contributed by atoms with Crippen molar-refractivity contribution in [3.8, 4) is 11.5 Å². The Kier molecular flexibility index (Phi) is 8.12. The number of phenolic OH excluding ortho intramolecular Hbond substituents is 1. The highest BCUT2D eigenvalue weighted by atomic mass is 35.5. The summed E-state index contributed by atoms with van der Waals surface area (Å²) in [5, 5.41) is 13.4. The smallest absolute Gasteiger partial charge is 0.508 e. The molecule has 2 rings (SSSR count). The summed E-state index contributed by atoms with van der Waals surface area (Å²) in [6.07, 6.45) is -2.01. The summed E-state index contributed by atoms with van der Waals surface area (Å²) in [5.74, 6) is -0.277. The highest BCUT2D eigenvalue weighted by Crippen LogP contribution is 2.36. The molecule has 0 unspecified atom stereocenters. The molecule has 1 aromatic rings. The van der Waals surface area contributed by atoms with Gasteiger partial charge in [-0.25, -0.2) is 0 Å². The van der Waals surface area contributed by atoms with E-state index in [-0.39, 0.29) is 29.9 Å². The van der Waals surface area contributed by atoms with E-state index >= 15 is 0 Å². The number of unbranched alkanes of at least 4 members (excludes halogenated alkanes) is 1. The molecular formula is C16H24ClF3N2O2. The van der Waals surface area contributed by atoms with Crippen LogP contribution in [-0.2, 0) is 0 Å². The number of alkyl halides is 3. The molecule has 0 bridgehead atoms. The molecule has 0 spiro atoms. The van der Waals surface area contributed by atoms with Crippen LogP contribution in [0.1, 0.15) is 37.8 Å². The zero-order valence-corrected chi connectivity index (χ0v) is 14.4. The average Bonchev–Trinajstić information content (AvgIpc) is 2.50. The molecule has 0 radical (unpaired) electrons. The van der Waals surface area contributed by atoms with Gasteiger partial charge in [0.25, 0.3) is 0 Å². The molecule has 1 heterocycles. The predicted octanol–water partition coefficient (Wildman–Crippen LogP) is 3.85. The van der Waals surface area contributed by atoms with E-state index in [1.807, 2.05) is 0 Å². The van der Waals surface area contributed by atoms with Crippen molar-refractivity contribution in [3.05, 3.63) is 23.8 Å². The Bertz CT molecular complexity index is 509. The van der Waals surface area contributed by atoms with Crippen LogP contribution in [0.5, 0.6) is 11.5 Å². The maximum Gasteiger partial charge on any atom is 0.573 e. The van der Waals surface area contributed by atoms with Crippen molar-refractivity contribution in [2.45, 2.75) is 38.6 Å². The van der Waals surface area contributed by atoms with Crippen LogP contribution in [0.4, 0.5) is 13.2 Å². The fourth-order valence-electron chi connectivity index (χ4n) is 2.92. The molecule has 0 amide bonds. The van der Waals surface area contributed by atoms with E-state index in [4.69, 9.17) is 0 Å². The van der Waals surface area contributed by atoms with Crippen molar-refractivity contribution in [1.82, 2.24) is 10.2 Å². The summed E-state index contributed by atoms with van der Waals surface area (Å²) in [5.41, 5.74) is 0.502. The fraction of sp³-hybridized carbons (Fsp3) is 0.625. The lowest BCUT2D eigenvalue weighted by atomic mass is 9.97. The van der Waals surface area contributed by atoms with Gasteiger partial charge < -0.3 is 15.2 Å². The molecule has 0 aliphatic carbocycles. The maximum atomic E-state index is 12.4. The lowest BCUT2D eigenvalue weighted by Gasteiger charge is -2.35. The topological polar surface area (TPSA) is 44.7 Å². The molecule has 1 saturated heterocycles. The van der Waals surface area contributed by atoms with E-state index in [1.165, 1.54) is 12.1 Å². The van der Waals surface area contributed by atoms with Crippen LogP contribution in [0.2, 0.25) is 0 Å². The number of nitrogens with zero attached hydrogens (tertiary/aromatic N) is 1. The van der Waals surface area contributed by atoms with Crippen LogP contribution in [0.25, 0.3) is 0 Å². The Balaban J connectivity index is 0.00000288. The molecule has 2 N–H and O–H groups in total. The fourth-order valence-corrected chi connectivity index (χ4v) is 2.92. The molecule has 0 aromatic heterocycles. The molecule has 24 heavy (non-hydrogen) atoms. The lowest BCUT2D eigenvalue weighted by Crippen LogP contribution is -2.45. The maximum absolute atomic E-state index is 12.4. The highest BCUT2D eigenvalue weighted by molar-refractivity contribution is 5.85. The van der Waals surface area contributed by atoms with Crippen molar-refractivity contribution in [1.29, 1.82) is 0 Å². The number of halogens is 4. The summed E-state index contributed by atoms with van der Waals surface area (Å²) in [7, 11) is 0. The third kappa shape index (κ3) is 6.03. The van der Waals surface area contributed by atoms with Gasteiger partial charge in [-0.1, -0.05) is 19.8 Å². The standard InChI is InChI=1S/C16H23F3N2O2.ClH/c1-2-3-4-14(21-9-7-20-8-10-21)13-11-12(5-6-15(13)22)23-16(17,18)19;/h5-6,11,14,20,22H,2-4,7-10H2,1H3;1H/t14-;/m0./s1. The van der Waals surface area contributed by atoms with Crippen LogP contribution < -0.4 is 10.1 Å². The Labute approximate surface area is 146 Å². The first kappa shape index (κ1) is 20.9. The number of nitrogens with one attached hydrogen (secondary N) is 1. The van der Waals surface area contributed by atoms with Crippen LogP contribution in [0.15, 0.2) is 18.2 Å². The molecule has 1 atom stereocenters. The van der Waals surface area contributed by atoms with Gasteiger partial charge in [-0.15, -0.1) is 25.6 Å². The van der Waals surface area contributed by atoms with Crippen LogP contribution in [-0.4, -0.2) is 42.5 Å². The Morgan fingerprint density at radius 3 is 2.54 bits per heavy atom. The van der Waals surface area contributed by atoms with Gasteiger partial charge in [0.1, 0.15) is 11.5 Å². The molecule has 8 heteroatoms. The molecule has 1 fully saturated rings.